The van der Waals surface area contributed by atoms with E-state index in [1.54, 1.807) is 57.5 Å². The first-order valence-electron chi connectivity index (χ1n) is 12.3. The normalized spacial score (nSPS) is 11.5. The van der Waals surface area contributed by atoms with Crippen LogP contribution in [0.4, 0.5) is 0 Å². The van der Waals surface area contributed by atoms with E-state index in [0.717, 1.165) is 17.5 Å². The lowest BCUT2D eigenvalue weighted by molar-refractivity contribution is 0.0685. The van der Waals surface area contributed by atoms with Crippen molar-refractivity contribution in [3.63, 3.8) is 0 Å². The highest BCUT2D eigenvalue weighted by molar-refractivity contribution is 7.89. The van der Waals surface area contributed by atoms with Gasteiger partial charge in [0, 0.05) is 46.4 Å². The lowest BCUT2D eigenvalue weighted by Gasteiger charge is -2.22. The van der Waals surface area contributed by atoms with Crippen LogP contribution in [0.15, 0.2) is 59.6 Å². The van der Waals surface area contributed by atoms with Gasteiger partial charge in [-0.2, -0.15) is 9.40 Å². The number of nitrogens with zero attached hydrogens (tertiary/aromatic N) is 4. The van der Waals surface area contributed by atoms with E-state index in [9.17, 15) is 13.2 Å². The third kappa shape index (κ3) is 7.12. The van der Waals surface area contributed by atoms with Crippen molar-refractivity contribution >= 4 is 15.9 Å². The van der Waals surface area contributed by atoms with E-state index in [4.69, 9.17) is 14.2 Å². The third-order valence-electron chi connectivity index (χ3n) is 6.06. The van der Waals surface area contributed by atoms with E-state index in [1.807, 2.05) is 31.2 Å². The van der Waals surface area contributed by atoms with Gasteiger partial charge in [-0.05, 0) is 41.8 Å². The number of aromatic nitrogens is 2. The molecule has 1 heterocycles. The number of carbonyl (C=O) groups excluding carboxylic acids is 1. The Morgan fingerprint density at radius 1 is 0.895 bits per heavy atom. The van der Waals surface area contributed by atoms with Crippen molar-refractivity contribution in [2.75, 3.05) is 41.0 Å². The number of benzene rings is 2. The van der Waals surface area contributed by atoms with Crippen LogP contribution in [0, 0.1) is 0 Å². The van der Waals surface area contributed by atoms with Crippen LogP contribution in [0.25, 0.3) is 0 Å². The first-order valence-corrected chi connectivity index (χ1v) is 13.8. The molecule has 38 heavy (non-hydrogen) atoms. The molecule has 0 N–H and O–H groups in total. The Labute approximate surface area is 224 Å². The second kappa shape index (κ2) is 13.4. The highest BCUT2D eigenvalue weighted by atomic mass is 32.2. The third-order valence-corrected chi connectivity index (χ3v) is 7.73. The summed E-state index contributed by atoms with van der Waals surface area (Å²) >= 11 is 0. The first kappa shape index (κ1) is 29.2. The Bertz CT molecular complexity index is 1240. The van der Waals surface area contributed by atoms with Crippen LogP contribution in [0.1, 0.15) is 35.0 Å². The van der Waals surface area contributed by atoms with Crippen molar-refractivity contribution in [3.8, 4) is 11.5 Å². The van der Waals surface area contributed by atoms with Crippen molar-refractivity contribution in [1.82, 2.24) is 19.0 Å². The second-order valence-electron chi connectivity index (χ2n) is 8.75. The van der Waals surface area contributed by atoms with Crippen LogP contribution in [-0.4, -0.2) is 74.3 Å². The van der Waals surface area contributed by atoms with Crippen molar-refractivity contribution in [2.45, 2.75) is 31.5 Å². The fourth-order valence-electron chi connectivity index (χ4n) is 3.94. The molecule has 0 unspecified atom stereocenters. The summed E-state index contributed by atoms with van der Waals surface area (Å²) in [6.45, 7) is 3.49. The van der Waals surface area contributed by atoms with E-state index in [0.29, 0.717) is 31.2 Å². The van der Waals surface area contributed by atoms with Gasteiger partial charge in [0.2, 0.25) is 0 Å². The molecule has 1 aromatic heterocycles. The number of sulfonamides is 1. The van der Waals surface area contributed by atoms with Gasteiger partial charge in [0.25, 0.3) is 15.9 Å². The fourth-order valence-corrected chi connectivity index (χ4v) is 5.33. The minimum atomic E-state index is -4.08. The topological polar surface area (TPSA) is 103 Å². The largest absolute Gasteiger partial charge is 0.497 e. The molecular formula is C27H36N4O6S. The molecule has 11 heteroatoms. The van der Waals surface area contributed by atoms with Gasteiger partial charge in [-0.1, -0.05) is 31.2 Å². The zero-order chi connectivity index (χ0) is 27.7. The van der Waals surface area contributed by atoms with Crippen LogP contribution in [-0.2, 0) is 34.9 Å². The van der Waals surface area contributed by atoms with Crippen LogP contribution in [0.3, 0.4) is 0 Å². The maximum atomic E-state index is 13.9. The van der Waals surface area contributed by atoms with Gasteiger partial charge < -0.3 is 19.1 Å². The number of ether oxygens (including phenoxy) is 3. The molecular weight excluding hydrogens is 508 g/mol. The zero-order valence-electron chi connectivity index (χ0n) is 22.6. The van der Waals surface area contributed by atoms with E-state index in [1.165, 1.54) is 15.1 Å². The fraction of sp³-hybridized carbons (Fsp3) is 0.407. The molecule has 206 valence electrons. The predicted octanol–water partition coefficient (Wildman–Crippen LogP) is 3.33. The minimum Gasteiger partial charge on any atom is -0.497 e. The van der Waals surface area contributed by atoms with Crippen LogP contribution < -0.4 is 9.47 Å². The van der Waals surface area contributed by atoms with Gasteiger partial charge in [-0.3, -0.25) is 9.48 Å². The molecule has 2 aromatic carbocycles. The molecule has 0 radical (unpaired) electrons. The molecule has 0 fully saturated rings. The van der Waals surface area contributed by atoms with Gasteiger partial charge >= 0.3 is 0 Å². The van der Waals surface area contributed by atoms with Crippen LogP contribution >= 0.6 is 0 Å². The number of rotatable bonds is 14. The number of amides is 1. The second-order valence-corrected chi connectivity index (χ2v) is 10.6. The predicted molar refractivity (Wildman–Crippen MR) is 144 cm³/mol. The SMILES string of the molecule is CCCN(CCOC)C(=O)c1cc(S(=O)(=O)N(Cc2ccc(OC)cc2)Cc2ccc(OC)cc2)nn1C. The number of carbonyl (C=O) groups is 1. The van der Waals surface area contributed by atoms with Gasteiger partial charge in [-0.15, -0.1) is 0 Å². The Morgan fingerprint density at radius 3 is 1.87 bits per heavy atom. The molecule has 3 rings (SSSR count). The maximum Gasteiger partial charge on any atom is 0.272 e. The summed E-state index contributed by atoms with van der Waals surface area (Å²) in [5.41, 5.74) is 1.76. The lowest BCUT2D eigenvalue weighted by atomic mass is 10.2. The Balaban J connectivity index is 1.95. The lowest BCUT2D eigenvalue weighted by Crippen LogP contribution is -2.35. The van der Waals surface area contributed by atoms with Gasteiger partial charge in [0.15, 0.2) is 5.03 Å². The monoisotopic (exact) mass is 544 g/mol. The molecule has 0 aliphatic heterocycles. The van der Waals surface area contributed by atoms with E-state index >= 15 is 0 Å². The molecule has 0 atom stereocenters. The molecule has 1 amide bonds. The van der Waals surface area contributed by atoms with Crippen LogP contribution in [0.5, 0.6) is 11.5 Å². The molecule has 0 aliphatic rings. The molecule has 10 nitrogen and oxygen atoms in total. The number of hydrogen-bond acceptors (Lipinski definition) is 7. The number of hydrogen-bond donors (Lipinski definition) is 0. The standard InChI is InChI=1S/C27H36N4O6S/c1-6-15-30(16-17-35-3)27(32)25-18-26(28-29(25)2)38(33,34)31(19-21-7-11-23(36-4)12-8-21)20-22-9-13-24(37-5)14-10-22/h7-14,18H,6,15-17,19-20H2,1-5H3. The summed E-state index contributed by atoms with van der Waals surface area (Å²) in [5.74, 6) is 1.06. The average molecular weight is 545 g/mol. The average Bonchev–Trinajstić information content (AvgIpc) is 3.33. The van der Waals surface area contributed by atoms with Crippen LogP contribution in [0.2, 0.25) is 0 Å². The zero-order valence-corrected chi connectivity index (χ0v) is 23.4. The smallest absolute Gasteiger partial charge is 0.272 e. The van der Waals surface area contributed by atoms with E-state index < -0.39 is 10.0 Å². The van der Waals surface area contributed by atoms with Crippen molar-refractivity contribution in [2.24, 2.45) is 7.05 Å². The van der Waals surface area contributed by atoms with E-state index in [-0.39, 0.29) is 29.7 Å². The number of methoxy groups -OCH3 is 3. The summed E-state index contributed by atoms with van der Waals surface area (Å²) in [4.78, 5) is 14.9. The van der Waals surface area contributed by atoms with Crippen molar-refractivity contribution < 1.29 is 27.4 Å². The molecule has 0 saturated heterocycles. The first-order chi connectivity index (χ1) is 18.2. The Hall–Kier alpha value is -3.41. The molecule has 0 bridgehead atoms. The molecule has 0 saturated carbocycles. The highest BCUT2D eigenvalue weighted by Crippen LogP contribution is 2.24. The number of aryl methyl sites for hydroxylation is 1. The summed E-state index contributed by atoms with van der Waals surface area (Å²) in [6, 6.07) is 15.8. The van der Waals surface area contributed by atoms with Crippen molar-refractivity contribution in [3.05, 3.63) is 71.4 Å². The Morgan fingerprint density at radius 2 is 1.42 bits per heavy atom. The highest BCUT2D eigenvalue weighted by Gasteiger charge is 2.30. The maximum absolute atomic E-state index is 13.9. The summed E-state index contributed by atoms with van der Waals surface area (Å²) in [6.07, 6.45) is 0.760. The quantitative estimate of drug-likeness (QED) is 0.307. The van der Waals surface area contributed by atoms with Gasteiger partial charge in [0.1, 0.15) is 17.2 Å². The van der Waals surface area contributed by atoms with Crippen molar-refractivity contribution in [1.29, 1.82) is 0 Å². The molecule has 0 aliphatic carbocycles. The van der Waals surface area contributed by atoms with E-state index in [2.05, 4.69) is 5.10 Å². The summed E-state index contributed by atoms with van der Waals surface area (Å²) in [5, 5.41) is 4.07. The molecule has 3 aromatic rings. The minimum absolute atomic E-state index is 0.105. The summed E-state index contributed by atoms with van der Waals surface area (Å²) < 4.78 is 46.1. The van der Waals surface area contributed by atoms with Gasteiger partial charge in [0.05, 0.1) is 20.8 Å². The molecule has 0 spiro atoms. The Kier molecular flexibility index (Phi) is 10.3. The van der Waals surface area contributed by atoms with Gasteiger partial charge in [-0.25, -0.2) is 8.42 Å². The summed E-state index contributed by atoms with van der Waals surface area (Å²) in [7, 11) is 2.22.